The van der Waals surface area contributed by atoms with Crippen molar-refractivity contribution >= 4 is 5.91 Å². The molecule has 0 heterocycles. The van der Waals surface area contributed by atoms with Crippen molar-refractivity contribution in [2.75, 3.05) is 6.61 Å². The van der Waals surface area contributed by atoms with Crippen molar-refractivity contribution in [1.29, 1.82) is 0 Å². The van der Waals surface area contributed by atoms with E-state index in [1.54, 1.807) is 6.08 Å². The van der Waals surface area contributed by atoms with Crippen LogP contribution in [0.15, 0.2) is 85.1 Å². The Balaban J connectivity index is 3.57. The van der Waals surface area contributed by atoms with E-state index in [4.69, 9.17) is 0 Å². The molecule has 0 aromatic rings. The second-order valence-electron chi connectivity index (χ2n) is 17.2. The minimum Gasteiger partial charge on any atom is -0.394 e. The van der Waals surface area contributed by atoms with Gasteiger partial charge in [0.05, 0.1) is 18.8 Å². The first-order valence-corrected chi connectivity index (χ1v) is 25.8. The minimum absolute atomic E-state index is 0.202. The van der Waals surface area contributed by atoms with E-state index >= 15 is 0 Å². The molecule has 4 heteroatoms. The summed E-state index contributed by atoms with van der Waals surface area (Å²) in [5, 5.41) is 22.9. The number of hydrogen-bond donors (Lipinski definition) is 3. The van der Waals surface area contributed by atoms with Gasteiger partial charge in [-0.05, 0) is 57.8 Å². The van der Waals surface area contributed by atoms with Gasteiger partial charge in [0, 0.05) is 6.42 Å². The summed E-state index contributed by atoms with van der Waals surface area (Å²) in [5.74, 6) is -0.202. The van der Waals surface area contributed by atoms with Crippen LogP contribution in [0.3, 0.4) is 0 Å². The Hall–Kier alpha value is -2.43. The molecule has 0 aliphatic heterocycles. The predicted octanol–water partition coefficient (Wildman–Crippen LogP) is 16.8. The van der Waals surface area contributed by atoms with Gasteiger partial charge < -0.3 is 15.5 Å². The zero-order valence-electron chi connectivity index (χ0n) is 39.7. The van der Waals surface area contributed by atoms with Crippen LogP contribution >= 0.6 is 0 Å². The summed E-state index contributed by atoms with van der Waals surface area (Å²) >= 11 is 0. The molecule has 0 rings (SSSR count). The third kappa shape index (κ3) is 46.6. The molecule has 0 saturated heterocycles. The van der Waals surface area contributed by atoms with E-state index in [9.17, 15) is 15.0 Å². The van der Waals surface area contributed by atoms with Gasteiger partial charge in [0.2, 0.25) is 5.91 Å². The highest BCUT2D eigenvalue weighted by molar-refractivity contribution is 5.77. The molecule has 0 spiro atoms. The van der Waals surface area contributed by atoms with Crippen LogP contribution < -0.4 is 5.32 Å². The summed E-state index contributed by atoms with van der Waals surface area (Å²) in [6.45, 7) is 4.14. The molecule has 2 unspecified atom stereocenters. The van der Waals surface area contributed by atoms with E-state index in [2.05, 4.69) is 79.9 Å². The topological polar surface area (TPSA) is 69.6 Å². The van der Waals surface area contributed by atoms with E-state index in [1.807, 2.05) is 18.2 Å². The highest BCUT2D eigenvalue weighted by atomic mass is 16.3. The van der Waals surface area contributed by atoms with Crippen molar-refractivity contribution in [3.05, 3.63) is 85.1 Å². The molecule has 0 aromatic heterocycles. The fourth-order valence-corrected chi connectivity index (χ4v) is 7.50. The number of allylic oxidation sites excluding steroid dienone is 12. The fraction of sp³-hybridized carbons (Fsp3) is 0.732. The van der Waals surface area contributed by atoms with Crippen LogP contribution in [0, 0.1) is 0 Å². The van der Waals surface area contributed by atoms with E-state index in [1.165, 1.54) is 173 Å². The molecule has 4 nitrogen and oxygen atoms in total. The summed E-state index contributed by atoms with van der Waals surface area (Å²) in [7, 11) is 0. The Labute approximate surface area is 373 Å². The second-order valence-corrected chi connectivity index (χ2v) is 17.2. The summed E-state index contributed by atoms with van der Waals surface area (Å²) in [6.07, 6.45) is 74.9. The SMILES string of the molecule is CC/C=C\C/C=C\C/C=C\C/C=C\C/C=C\CC(=O)NC(CO)C(O)/C=C/CC/C=C/CCCCCCCCCCCCCCCCCCCCCCCCCCCCC. The number of nitrogens with one attached hydrogen (secondary N) is 1. The van der Waals surface area contributed by atoms with Gasteiger partial charge in [0.1, 0.15) is 0 Å². The highest BCUT2D eigenvalue weighted by Gasteiger charge is 2.17. The molecule has 3 N–H and O–H groups in total. The standard InChI is InChI=1S/C56H99NO3/c1-3-5-7-9-11-13-15-17-19-20-21-22-23-24-25-26-27-28-29-30-31-32-33-34-35-36-38-39-41-43-45-47-49-51-55(59)54(53-58)57-56(60)52-50-48-46-44-42-40-37-18-16-14-12-10-8-6-4-2/h6,8,12,14,18,37,41-44,48-51,54-55,58-59H,3-5,7,9-11,13,15-17,19-36,38-40,45-47,52-53H2,1-2H3,(H,57,60)/b8-6-,14-12-,37-18-,43-41+,44-42-,50-48-,51-49+. The van der Waals surface area contributed by atoms with Crippen LogP contribution in [0.1, 0.15) is 245 Å². The Morgan fingerprint density at radius 3 is 1.13 bits per heavy atom. The smallest absolute Gasteiger partial charge is 0.224 e. The largest absolute Gasteiger partial charge is 0.394 e. The summed E-state index contributed by atoms with van der Waals surface area (Å²) < 4.78 is 0. The zero-order valence-corrected chi connectivity index (χ0v) is 39.7. The van der Waals surface area contributed by atoms with E-state index in [-0.39, 0.29) is 18.9 Å². The molecule has 0 aromatic carbocycles. The van der Waals surface area contributed by atoms with Crippen molar-refractivity contribution in [3.63, 3.8) is 0 Å². The van der Waals surface area contributed by atoms with Crippen molar-refractivity contribution in [2.24, 2.45) is 0 Å². The van der Waals surface area contributed by atoms with E-state index < -0.39 is 12.1 Å². The molecule has 0 radical (unpaired) electrons. The number of unbranched alkanes of at least 4 members (excludes halogenated alkanes) is 28. The molecule has 2 atom stereocenters. The van der Waals surface area contributed by atoms with Crippen LogP contribution in [0.25, 0.3) is 0 Å². The van der Waals surface area contributed by atoms with Crippen LogP contribution in [0.4, 0.5) is 0 Å². The van der Waals surface area contributed by atoms with Crippen LogP contribution in [0.2, 0.25) is 0 Å². The lowest BCUT2D eigenvalue weighted by atomic mass is 10.0. The van der Waals surface area contributed by atoms with Crippen molar-refractivity contribution in [3.8, 4) is 0 Å². The fourth-order valence-electron chi connectivity index (χ4n) is 7.50. The first kappa shape index (κ1) is 57.6. The number of aliphatic hydroxyl groups excluding tert-OH is 2. The molecule has 0 fully saturated rings. The number of rotatable bonds is 46. The average Bonchev–Trinajstić information content (AvgIpc) is 3.25. The first-order valence-electron chi connectivity index (χ1n) is 25.8. The number of hydrogen-bond acceptors (Lipinski definition) is 3. The van der Waals surface area contributed by atoms with Crippen molar-refractivity contribution in [2.45, 2.75) is 257 Å². The quantitative estimate of drug-likeness (QED) is 0.0423. The lowest BCUT2D eigenvalue weighted by Crippen LogP contribution is -2.44. The van der Waals surface area contributed by atoms with Gasteiger partial charge in [-0.1, -0.05) is 266 Å². The van der Waals surface area contributed by atoms with Crippen molar-refractivity contribution < 1.29 is 15.0 Å². The summed E-state index contributed by atoms with van der Waals surface area (Å²) in [5.41, 5.74) is 0. The molecule has 60 heavy (non-hydrogen) atoms. The highest BCUT2D eigenvalue weighted by Crippen LogP contribution is 2.16. The maximum atomic E-state index is 12.3. The van der Waals surface area contributed by atoms with Crippen LogP contribution in [-0.4, -0.2) is 34.9 Å². The summed E-state index contributed by atoms with van der Waals surface area (Å²) in [4.78, 5) is 12.3. The molecule has 346 valence electrons. The lowest BCUT2D eigenvalue weighted by molar-refractivity contribution is -0.122. The monoisotopic (exact) mass is 834 g/mol. The Kier molecular flexibility index (Phi) is 48.9. The van der Waals surface area contributed by atoms with Gasteiger partial charge in [-0.2, -0.15) is 0 Å². The molecular formula is C56H99NO3. The molecular weight excluding hydrogens is 735 g/mol. The average molecular weight is 834 g/mol. The van der Waals surface area contributed by atoms with Gasteiger partial charge in [0.25, 0.3) is 0 Å². The van der Waals surface area contributed by atoms with E-state index in [0.717, 1.165) is 51.4 Å². The normalized spacial score (nSPS) is 13.6. The molecule has 0 aliphatic carbocycles. The Morgan fingerprint density at radius 1 is 0.417 bits per heavy atom. The van der Waals surface area contributed by atoms with Crippen molar-refractivity contribution in [1.82, 2.24) is 5.32 Å². The zero-order chi connectivity index (χ0) is 43.5. The van der Waals surface area contributed by atoms with Gasteiger partial charge in [0.15, 0.2) is 0 Å². The molecule has 0 bridgehead atoms. The Bertz CT molecular complexity index is 1080. The Morgan fingerprint density at radius 2 is 0.750 bits per heavy atom. The predicted molar refractivity (Wildman–Crippen MR) is 267 cm³/mol. The molecule has 1 amide bonds. The van der Waals surface area contributed by atoms with Gasteiger partial charge in [-0.3, -0.25) is 4.79 Å². The van der Waals surface area contributed by atoms with Gasteiger partial charge in [-0.15, -0.1) is 0 Å². The second kappa shape index (κ2) is 50.9. The number of amides is 1. The van der Waals surface area contributed by atoms with Gasteiger partial charge in [-0.25, -0.2) is 0 Å². The molecule has 0 aliphatic rings. The number of aliphatic hydroxyl groups is 2. The van der Waals surface area contributed by atoms with E-state index in [0.29, 0.717) is 0 Å². The summed E-state index contributed by atoms with van der Waals surface area (Å²) in [6, 6.07) is -0.699. The number of carbonyl (C=O) groups excluding carboxylic acids is 1. The van der Waals surface area contributed by atoms with Crippen LogP contribution in [0.5, 0.6) is 0 Å². The number of carbonyl (C=O) groups is 1. The third-order valence-electron chi connectivity index (χ3n) is 11.4. The molecule has 0 saturated carbocycles. The lowest BCUT2D eigenvalue weighted by Gasteiger charge is -2.19. The minimum atomic E-state index is -0.908. The first-order chi connectivity index (χ1) is 29.7. The third-order valence-corrected chi connectivity index (χ3v) is 11.4. The maximum Gasteiger partial charge on any atom is 0.224 e. The maximum absolute atomic E-state index is 12.3. The van der Waals surface area contributed by atoms with Crippen LogP contribution in [-0.2, 0) is 4.79 Å². The van der Waals surface area contributed by atoms with Gasteiger partial charge >= 0.3 is 0 Å².